The third-order valence-electron chi connectivity index (χ3n) is 12.8. The SMILES string of the molecule is CC(=O)N[C@H]1[C@H](OC[C@H]2O[C@@H](OC[C@H]3O[C@@H](OC[C@H]4O[C@H](O)[C@H](O)[C@@H](O[C@@H]5O[C@H](CO)[C@@H](O)[C@H](O)[C@H]5O)[C@@H]4O)[C@H](O)[C@@H](O)[C@@H]3O)[C@H](O)[C@@H](O[C@@H]3O[C@H](CO)[C@@H](O)[C@H](O)[C@H]3O)[C@@H]2O)O[C@H](CO)[C@@H](O)[C@@H]1O. The summed E-state index contributed by atoms with van der Waals surface area (Å²) < 4.78 is 61.0. The maximum Gasteiger partial charge on any atom is 0.217 e. The number of ether oxygens (including phenoxy) is 11. The molecule has 1 amide bonds. The Morgan fingerprint density at radius 2 is 0.700 bits per heavy atom. The average Bonchev–Trinajstić information content (AvgIpc) is 3.33. The van der Waals surface area contributed by atoms with Crippen LogP contribution in [0.15, 0.2) is 0 Å². The van der Waals surface area contributed by atoms with Crippen molar-refractivity contribution in [3.63, 3.8) is 0 Å². The van der Waals surface area contributed by atoms with E-state index in [0.717, 1.165) is 6.92 Å². The van der Waals surface area contributed by atoms with Crippen molar-refractivity contribution >= 4 is 5.91 Å². The Labute approximate surface area is 395 Å². The van der Waals surface area contributed by atoms with Crippen LogP contribution in [0.2, 0.25) is 0 Å². The van der Waals surface area contributed by atoms with Crippen molar-refractivity contribution in [2.45, 2.75) is 191 Å². The number of aliphatic hydroxyl groups is 19. The third kappa shape index (κ3) is 12.3. The molecule has 0 aliphatic carbocycles. The van der Waals surface area contributed by atoms with Crippen LogP contribution >= 0.6 is 0 Å². The van der Waals surface area contributed by atoms with E-state index in [1.807, 2.05) is 0 Å². The fourth-order valence-electron chi connectivity index (χ4n) is 8.60. The zero-order valence-corrected chi connectivity index (χ0v) is 37.0. The number of nitrogens with one attached hydrogen (secondary N) is 1. The molecule has 0 radical (unpaired) electrons. The monoisotopic (exact) mass is 1030 g/mol. The van der Waals surface area contributed by atoms with Crippen molar-refractivity contribution < 1.29 is 154 Å². The minimum absolute atomic E-state index is 0.709. The van der Waals surface area contributed by atoms with Crippen LogP contribution in [0, 0.1) is 0 Å². The van der Waals surface area contributed by atoms with Gasteiger partial charge in [-0.2, -0.15) is 0 Å². The first-order valence-electron chi connectivity index (χ1n) is 22.1. The van der Waals surface area contributed by atoms with Crippen LogP contribution in [0.5, 0.6) is 0 Å². The summed E-state index contributed by atoms with van der Waals surface area (Å²) in [5.41, 5.74) is 0. The highest BCUT2D eigenvalue weighted by Crippen LogP contribution is 2.34. The second-order valence-corrected chi connectivity index (χ2v) is 17.6. The van der Waals surface area contributed by atoms with Gasteiger partial charge in [0.1, 0.15) is 146 Å². The molecule has 32 nitrogen and oxygen atoms in total. The van der Waals surface area contributed by atoms with Gasteiger partial charge in [0.15, 0.2) is 37.7 Å². The van der Waals surface area contributed by atoms with Gasteiger partial charge < -0.3 is 154 Å². The van der Waals surface area contributed by atoms with Crippen molar-refractivity contribution in [3.05, 3.63) is 0 Å². The van der Waals surface area contributed by atoms with Crippen molar-refractivity contribution in [1.29, 1.82) is 0 Å². The average molecular weight is 1030 g/mol. The Bertz CT molecular complexity index is 1630. The number of rotatable bonds is 17. The van der Waals surface area contributed by atoms with Crippen molar-refractivity contribution in [2.75, 3.05) is 39.6 Å². The van der Waals surface area contributed by atoms with Gasteiger partial charge in [-0.05, 0) is 0 Å². The van der Waals surface area contributed by atoms with Gasteiger partial charge in [0.2, 0.25) is 5.91 Å². The lowest BCUT2D eigenvalue weighted by molar-refractivity contribution is -0.371. The van der Waals surface area contributed by atoms with E-state index < -0.39 is 230 Å². The minimum atomic E-state index is -2.12. The molecule has 0 bridgehead atoms. The zero-order valence-electron chi connectivity index (χ0n) is 37.0. The summed E-state index contributed by atoms with van der Waals surface area (Å²) in [6.45, 7) is -4.03. The smallest absolute Gasteiger partial charge is 0.217 e. The van der Waals surface area contributed by atoms with Gasteiger partial charge in [-0.1, -0.05) is 0 Å². The maximum absolute atomic E-state index is 12.0. The van der Waals surface area contributed by atoms with Crippen molar-refractivity contribution in [2.24, 2.45) is 0 Å². The normalized spacial score (nSPS) is 51.5. The predicted octanol–water partition coefficient (Wildman–Crippen LogP) is -14.0. The molecule has 408 valence electrons. The summed E-state index contributed by atoms with van der Waals surface area (Å²) in [7, 11) is 0. The summed E-state index contributed by atoms with van der Waals surface area (Å²) in [6, 6.07) is -1.48. The highest BCUT2D eigenvalue weighted by molar-refractivity contribution is 5.73. The number of carbonyl (C=O) groups is 1. The number of carbonyl (C=O) groups excluding carboxylic acids is 1. The summed E-state index contributed by atoms with van der Waals surface area (Å²) in [5, 5.41) is 202. The van der Waals surface area contributed by atoms with E-state index in [2.05, 4.69) is 5.32 Å². The quantitative estimate of drug-likeness (QED) is 0.0643. The van der Waals surface area contributed by atoms with Gasteiger partial charge in [0.25, 0.3) is 0 Å². The van der Waals surface area contributed by atoms with Crippen LogP contribution < -0.4 is 5.32 Å². The van der Waals surface area contributed by atoms with Crippen molar-refractivity contribution in [1.82, 2.24) is 5.32 Å². The Morgan fingerprint density at radius 3 is 1.14 bits per heavy atom. The van der Waals surface area contributed by atoms with Gasteiger partial charge in [-0.25, -0.2) is 0 Å². The number of hydrogen-bond acceptors (Lipinski definition) is 31. The molecule has 32 heteroatoms. The second-order valence-electron chi connectivity index (χ2n) is 17.6. The van der Waals surface area contributed by atoms with Crippen molar-refractivity contribution in [3.8, 4) is 0 Å². The van der Waals surface area contributed by atoms with E-state index in [1.165, 1.54) is 0 Å². The van der Waals surface area contributed by atoms with Gasteiger partial charge in [0, 0.05) is 6.92 Å². The highest BCUT2D eigenvalue weighted by atomic mass is 16.8. The molecule has 30 atom stereocenters. The third-order valence-corrected chi connectivity index (χ3v) is 12.8. The Balaban J connectivity index is 1.15. The second kappa shape index (κ2) is 24.7. The fraction of sp³-hybridized carbons (Fsp3) is 0.974. The van der Waals surface area contributed by atoms with Crippen LogP contribution in [0.4, 0.5) is 0 Å². The molecule has 70 heavy (non-hydrogen) atoms. The van der Waals surface area contributed by atoms with Crippen LogP contribution in [0.1, 0.15) is 6.92 Å². The van der Waals surface area contributed by atoms with E-state index in [0.29, 0.717) is 0 Å². The molecule has 0 aromatic heterocycles. The lowest BCUT2D eigenvalue weighted by atomic mass is 9.96. The first-order valence-corrected chi connectivity index (χ1v) is 22.1. The molecule has 0 unspecified atom stereocenters. The standard InChI is InChI=1S/C38H65NO31/c1-8(43)39-15-22(50)16(44)9(2-40)64-34(15)60-7-14-21(49)32(70-38-28(56)24(52)18(46)11(4-42)66-38)30(58)36(68-14)62-5-12-19(47)25(53)26(54)35(67-12)61-6-13-20(48)31(29(57)33(59)63-13)69-37-27(55)23(51)17(45)10(3-41)65-37/h9-38,40-42,44-59H,2-7H2,1H3,(H,39,43)/t9-,10-,11-,12-,13-,14-,15-,16-,17-,18-,19-,20-,21-,22-,23+,24+,25+,26-,27-,28-,29-,30-,31+,32+,33+,34-,35-,36-,37+,38+/m1/s1. The van der Waals surface area contributed by atoms with Crippen LogP contribution in [0.25, 0.3) is 0 Å². The van der Waals surface area contributed by atoms with E-state index in [-0.39, 0.29) is 0 Å². The molecule has 6 fully saturated rings. The van der Waals surface area contributed by atoms with E-state index in [1.54, 1.807) is 0 Å². The van der Waals surface area contributed by atoms with Gasteiger partial charge in [0.05, 0.1) is 39.6 Å². The van der Waals surface area contributed by atoms with E-state index in [4.69, 9.17) is 52.1 Å². The van der Waals surface area contributed by atoms with Gasteiger partial charge in [-0.3, -0.25) is 4.79 Å². The summed E-state index contributed by atoms with van der Waals surface area (Å²) in [5.74, 6) is -0.709. The topological polar surface area (TPSA) is 515 Å². The Kier molecular flexibility index (Phi) is 20.3. The molecular formula is C38H65NO31. The molecule has 20 N–H and O–H groups in total. The van der Waals surface area contributed by atoms with Crippen LogP contribution in [-0.2, 0) is 56.9 Å². The molecule has 6 aliphatic heterocycles. The molecule has 6 saturated heterocycles. The molecule has 6 heterocycles. The maximum atomic E-state index is 12.0. The number of amides is 1. The fourth-order valence-corrected chi connectivity index (χ4v) is 8.60. The summed E-state index contributed by atoms with van der Waals surface area (Å²) in [6.07, 6.45) is -54.2. The predicted molar refractivity (Wildman–Crippen MR) is 211 cm³/mol. The lowest BCUT2D eigenvalue weighted by Crippen LogP contribution is -2.66. The van der Waals surface area contributed by atoms with Crippen LogP contribution in [-0.4, -0.2) is 327 Å². The van der Waals surface area contributed by atoms with Gasteiger partial charge >= 0.3 is 0 Å². The zero-order chi connectivity index (χ0) is 51.6. The van der Waals surface area contributed by atoms with Gasteiger partial charge in [-0.15, -0.1) is 0 Å². The highest BCUT2D eigenvalue weighted by Gasteiger charge is 2.55. The Morgan fingerprint density at radius 1 is 0.371 bits per heavy atom. The first kappa shape index (κ1) is 57.5. The number of hydrogen-bond donors (Lipinski definition) is 20. The Hall–Kier alpha value is -1.73. The number of aliphatic hydroxyl groups excluding tert-OH is 19. The molecular weight excluding hydrogens is 966 g/mol. The lowest BCUT2D eigenvalue weighted by Gasteiger charge is -2.47. The summed E-state index contributed by atoms with van der Waals surface area (Å²) in [4.78, 5) is 12.0. The molecule has 6 rings (SSSR count). The molecule has 6 aliphatic rings. The van der Waals surface area contributed by atoms with E-state index in [9.17, 15) is 102 Å². The van der Waals surface area contributed by atoms with Crippen LogP contribution in [0.3, 0.4) is 0 Å². The first-order chi connectivity index (χ1) is 33.0. The molecule has 0 aromatic carbocycles. The molecule has 0 spiro atoms. The summed E-state index contributed by atoms with van der Waals surface area (Å²) >= 11 is 0. The minimum Gasteiger partial charge on any atom is -0.394 e. The molecule has 0 saturated carbocycles. The molecule has 0 aromatic rings. The van der Waals surface area contributed by atoms with E-state index >= 15 is 0 Å². The largest absolute Gasteiger partial charge is 0.394 e.